The van der Waals surface area contributed by atoms with Crippen LogP contribution in [0.1, 0.15) is 49.1 Å². The van der Waals surface area contributed by atoms with Crippen LogP contribution < -0.4 is 10.6 Å². The number of hydrogen-bond acceptors (Lipinski definition) is 7. The van der Waals surface area contributed by atoms with Crippen molar-refractivity contribution in [1.82, 2.24) is 20.4 Å². The number of anilines is 1. The molecule has 1 aromatic heterocycles. The van der Waals surface area contributed by atoms with Crippen molar-refractivity contribution in [3.8, 4) is 0 Å². The van der Waals surface area contributed by atoms with Gasteiger partial charge in [-0.1, -0.05) is 47.2 Å². The van der Waals surface area contributed by atoms with Gasteiger partial charge in [0.25, 0.3) is 11.8 Å². The molecule has 2 aromatic carbocycles. The van der Waals surface area contributed by atoms with Gasteiger partial charge in [-0.15, -0.1) is 10.2 Å². The summed E-state index contributed by atoms with van der Waals surface area (Å²) in [6.07, 6.45) is 2.13. The summed E-state index contributed by atoms with van der Waals surface area (Å²) in [6.45, 7) is 6.12. The van der Waals surface area contributed by atoms with Crippen molar-refractivity contribution < 1.29 is 14.3 Å². The molecule has 0 unspecified atom stereocenters. The first-order chi connectivity index (χ1) is 17.0. The number of likely N-dealkylation sites (tertiary alicyclic amines) is 1. The van der Waals surface area contributed by atoms with Crippen LogP contribution in [0.2, 0.25) is 0 Å². The van der Waals surface area contributed by atoms with Crippen molar-refractivity contribution in [2.24, 2.45) is 5.92 Å². The number of ether oxygens (including phenoxy) is 1. The average Bonchev–Trinajstić information content (AvgIpc) is 3.34. The van der Waals surface area contributed by atoms with Crippen LogP contribution in [-0.2, 0) is 17.9 Å². The van der Waals surface area contributed by atoms with Crippen molar-refractivity contribution in [3.05, 3.63) is 75.2 Å². The predicted molar refractivity (Wildman–Crippen MR) is 137 cm³/mol. The first-order valence-corrected chi connectivity index (χ1v) is 12.6. The molecule has 0 bridgehead atoms. The molecule has 0 radical (unpaired) electrons. The maximum absolute atomic E-state index is 12.7. The van der Waals surface area contributed by atoms with Gasteiger partial charge in [0.15, 0.2) is 0 Å². The van der Waals surface area contributed by atoms with Crippen molar-refractivity contribution in [2.45, 2.75) is 32.9 Å². The fraction of sp³-hybridized carbons (Fsp3) is 0.385. The minimum Gasteiger partial charge on any atom is -0.377 e. The summed E-state index contributed by atoms with van der Waals surface area (Å²) >= 11 is 1.18. The van der Waals surface area contributed by atoms with Crippen LogP contribution in [-0.4, -0.2) is 53.7 Å². The number of amides is 2. The molecule has 1 fully saturated rings. The normalized spacial score (nSPS) is 14.6. The molecular weight excluding hydrogens is 462 g/mol. The van der Waals surface area contributed by atoms with Crippen LogP contribution in [0.15, 0.2) is 48.5 Å². The second kappa shape index (κ2) is 12.0. The largest absolute Gasteiger partial charge is 0.377 e. The summed E-state index contributed by atoms with van der Waals surface area (Å²) in [5.74, 6) is -0.0314. The number of nitrogens with one attached hydrogen (secondary N) is 2. The smallest absolute Gasteiger partial charge is 0.286 e. The fourth-order valence-corrected chi connectivity index (χ4v) is 4.80. The molecular formula is C26H31N5O3S. The number of piperidine rings is 1. The zero-order valence-corrected chi connectivity index (χ0v) is 20.9. The Morgan fingerprint density at radius 2 is 1.86 bits per heavy atom. The number of hydrogen-bond donors (Lipinski definition) is 2. The third-order valence-electron chi connectivity index (χ3n) is 6.10. The van der Waals surface area contributed by atoms with Crippen molar-refractivity contribution in [3.63, 3.8) is 0 Å². The lowest BCUT2D eigenvalue weighted by Crippen LogP contribution is -2.38. The summed E-state index contributed by atoms with van der Waals surface area (Å²) in [7, 11) is 1.56. The van der Waals surface area contributed by atoms with Gasteiger partial charge in [0.05, 0.1) is 6.61 Å². The molecule has 2 N–H and O–H groups in total. The van der Waals surface area contributed by atoms with Gasteiger partial charge >= 0.3 is 0 Å². The lowest BCUT2D eigenvalue weighted by Gasteiger charge is -2.32. The SMILES string of the molecule is COCc1nnc(C(=O)Nc2cccc(C(=O)NCC3CCN(Cc4ccc(C)cc4)CC3)c2)s1. The van der Waals surface area contributed by atoms with Crippen LogP contribution >= 0.6 is 11.3 Å². The highest BCUT2D eigenvalue weighted by molar-refractivity contribution is 7.13. The molecule has 2 amide bonds. The predicted octanol–water partition coefficient (Wildman–Crippen LogP) is 3.89. The van der Waals surface area contributed by atoms with E-state index in [9.17, 15) is 9.59 Å². The Morgan fingerprint density at radius 1 is 1.09 bits per heavy atom. The summed E-state index contributed by atoms with van der Waals surface area (Å²) in [5.41, 5.74) is 3.67. The zero-order chi connectivity index (χ0) is 24.6. The van der Waals surface area contributed by atoms with E-state index in [4.69, 9.17) is 4.74 Å². The topological polar surface area (TPSA) is 96.5 Å². The highest BCUT2D eigenvalue weighted by Crippen LogP contribution is 2.20. The van der Waals surface area contributed by atoms with Gasteiger partial charge in [-0.3, -0.25) is 14.5 Å². The highest BCUT2D eigenvalue weighted by Gasteiger charge is 2.20. The Morgan fingerprint density at radius 3 is 2.60 bits per heavy atom. The molecule has 1 saturated heterocycles. The van der Waals surface area contributed by atoms with E-state index in [1.54, 1.807) is 31.4 Å². The highest BCUT2D eigenvalue weighted by atomic mass is 32.1. The van der Waals surface area contributed by atoms with Gasteiger partial charge in [0.2, 0.25) is 5.01 Å². The van der Waals surface area contributed by atoms with Gasteiger partial charge in [0.1, 0.15) is 5.01 Å². The number of carbonyl (C=O) groups is 2. The Kier molecular flexibility index (Phi) is 8.57. The molecule has 2 heterocycles. The van der Waals surface area contributed by atoms with Crippen molar-refractivity contribution in [2.75, 3.05) is 32.1 Å². The van der Waals surface area contributed by atoms with Gasteiger partial charge in [-0.05, 0) is 62.5 Å². The third-order valence-corrected chi connectivity index (χ3v) is 6.99. The molecule has 0 atom stereocenters. The summed E-state index contributed by atoms with van der Waals surface area (Å²) in [5, 5.41) is 14.6. The molecule has 0 aliphatic carbocycles. The van der Waals surface area contributed by atoms with E-state index in [1.807, 2.05) is 0 Å². The van der Waals surface area contributed by atoms with Gasteiger partial charge < -0.3 is 15.4 Å². The summed E-state index contributed by atoms with van der Waals surface area (Å²) in [6, 6.07) is 15.6. The van der Waals surface area contributed by atoms with E-state index >= 15 is 0 Å². The zero-order valence-electron chi connectivity index (χ0n) is 20.1. The van der Waals surface area contributed by atoms with Crippen LogP contribution in [0.25, 0.3) is 0 Å². The number of carbonyl (C=O) groups excluding carboxylic acids is 2. The molecule has 3 aromatic rings. The molecule has 1 aliphatic rings. The molecule has 8 nitrogen and oxygen atoms in total. The van der Waals surface area contributed by atoms with E-state index < -0.39 is 0 Å². The number of benzene rings is 2. The van der Waals surface area contributed by atoms with Crippen LogP contribution in [0.3, 0.4) is 0 Å². The molecule has 0 saturated carbocycles. The summed E-state index contributed by atoms with van der Waals surface area (Å²) < 4.78 is 5.01. The standard InChI is InChI=1S/C26H31N5O3S/c1-18-6-8-20(9-7-18)16-31-12-10-19(11-13-31)15-27-24(32)21-4-3-5-22(14-21)28-25(33)26-30-29-23(35-26)17-34-2/h3-9,14,19H,10-13,15-17H2,1-2H3,(H,27,32)(H,28,33). The first-order valence-electron chi connectivity index (χ1n) is 11.8. The van der Waals surface area contributed by atoms with Crippen molar-refractivity contribution in [1.29, 1.82) is 0 Å². The molecule has 184 valence electrons. The summed E-state index contributed by atoms with van der Waals surface area (Å²) in [4.78, 5) is 27.7. The van der Waals surface area contributed by atoms with E-state index in [0.717, 1.165) is 32.5 Å². The maximum Gasteiger partial charge on any atom is 0.286 e. The van der Waals surface area contributed by atoms with Crippen molar-refractivity contribution >= 4 is 28.8 Å². The molecule has 4 rings (SSSR count). The van der Waals surface area contributed by atoms with Gasteiger partial charge in [-0.25, -0.2) is 0 Å². The van der Waals surface area contributed by atoms with Crippen LogP contribution in [0.5, 0.6) is 0 Å². The Labute approximate surface area is 209 Å². The second-order valence-electron chi connectivity index (χ2n) is 8.88. The van der Waals surface area contributed by atoms with Crippen LogP contribution in [0, 0.1) is 12.8 Å². The number of rotatable bonds is 9. The molecule has 0 spiro atoms. The molecule has 35 heavy (non-hydrogen) atoms. The number of nitrogens with zero attached hydrogens (tertiary/aromatic N) is 3. The van der Waals surface area contributed by atoms with Crippen LogP contribution in [0.4, 0.5) is 5.69 Å². The third kappa shape index (κ3) is 7.17. The minimum absolute atomic E-state index is 0.138. The quantitative estimate of drug-likeness (QED) is 0.470. The fourth-order valence-electron chi connectivity index (χ4n) is 4.09. The van der Waals surface area contributed by atoms with E-state index in [1.165, 1.54) is 22.5 Å². The average molecular weight is 494 g/mol. The monoisotopic (exact) mass is 493 g/mol. The Balaban J connectivity index is 1.23. The lowest BCUT2D eigenvalue weighted by molar-refractivity contribution is 0.0934. The number of aromatic nitrogens is 2. The first kappa shape index (κ1) is 25.0. The maximum atomic E-state index is 12.7. The van der Waals surface area contributed by atoms with Gasteiger partial charge in [0, 0.05) is 31.5 Å². The van der Waals surface area contributed by atoms with E-state index in [2.05, 4.69) is 56.9 Å². The Bertz CT molecular complexity index is 1140. The number of aryl methyl sites for hydroxylation is 1. The van der Waals surface area contributed by atoms with E-state index in [0.29, 0.717) is 35.3 Å². The second-order valence-corrected chi connectivity index (χ2v) is 9.95. The lowest BCUT2D eigenvalue weighted by atomic mass is 9.96. The van der Waals surface area contributed by atoms with E-state index in [-0.39, 0.29) is 16.8 Å². The van der Waals surface area contributed by atoms with Gasteiger partial charge in [-0.2, -0.15) is 0 Å². The molecule has 9 heteroatoms. The minimum atomic E-state index is -0.361. The molecule has 1 aliphatic heterocycles. The number of methoxy groups -OCH3 is 1. The Hall–Kier alpha value is -3.14.